The fourth-order valence-electron chi connectivity index (χ4n) is 9.12. The number of rotatable bonds is 4. The maximum atomic E-state index is 12.5. The van der Waals surface area contributed by atoms with E-state index in [2.05, 4.69) is 0 Å². The molecule has 11 heteroatoms. The Kier molecular flexibility index (Phi) is 6.89. The molecule has 0 aromatic carbocycles. The summed E-state index contributed by atoms with van der Waals surface area (Å²) in [6, 6.07) is 2.96. The van der Waals surface area contributed by atoms with Crippen molar-refractivity contribution in [2.75, 3.05) is 6.61 Å². The van der Waals surface area contributed by atoms with E-state index in [0.717, 1.165) is 0 Å². The van der Waals surface area contributed by atoms with Crippen LogP contribution in [0, 0.1) is 17.3 Å². The molecule has 3 saturated carbocycles. The van der Waals surface area contributed by atoms with Gasteiger partial charge < -0.3 is 49.6 Å². The highest BCUT2D eigenvalue weighted by molar-refractivity contribution is 5.32. The predicted octanol–water partition coefficient (Wildman–Crippen LogP) is -0.318. The molecule has 2 heterocycles. The average Bonchev–Trinajstić information content (AvgIpc) is 3.14. The Hall–Kier alpha value is -1.67. The molecule has 40 heavy (non-hydrogen) atoms. The van der Waals surface area contributed by atoms with E-state index in [4.69, 9.17) is 13.9 Å². The van der Waals surface area contributed by atoms with Gasteiger partial charge in [0.1, 0.15) is 35.6 Å². The lowest BCUT2D eigenvalue weighted by Crippen LogP contribution is -2.72. The van der Waals surface area contributed by atoms with Crippen LogP contribution in [0.15, 0.2) is 39.8 Å². The zero-order valence-electron chi connectivity index (χ0n) is 22.5. The van der Waals surface area contributed by atoms with Crippen molar-refractivity contribution in [2.24, 2.45) is 17.3 Å². The van der Waals surface area contributed by atoms with Gasteiger partial charge in [0.05, 0.1) is 24.6 Å². The van der Waals surface area contributed by atoms with Gasteiger partial charge in [0.2, 0.25) is 0 Å². The summed E-state index contributed by atoms with van der Waals surface area (Å²) in [6.45, 7) is 1.37. The van der Waals surface area contributed by atoms with Crippen molar-refractivity contribution in [3.8, 4) is 0 Å². The van der Waals surface area contributed by atoms with E-state index in [9.17, 15) is 40.5 Å². The number of aliphatic hydroxyl groups excluding tert-OH is 5. The van der Waals surface area contributed by atoms with Crippen LogP contribution in [0.3, 0.4) is 0 Å². The molecule has 0 amide bonds. The summed E-state index contributed by atoms with van der Waals surface area (Å²) in [5.41, 5.74) is -4.66. The molecule has 11 nitrogen and oxygen atoms in total. The Morgan fingerprint density at radius 3 is 2.40 bits per heavy atom. The SMILES string of the molecule is C[C@]12CCC3C(CC[C@]4(O[C@@H]5O[C@H](CO)[C@@H](O)[C@H](O)[C@H]5O)C=CCC[C@]34O)[C@@]1(O)C[C@H](O)[C@@H]2c1ccc(=O)oc1. The Labute approximate surface area is 231 Å². The lowest BCUT2D eigenvalue weighted by Gasteiger charge is -2.64. The Morgan fingerprint density at radius 1 is 0.975 bits per heavy atom. The zero-order chi connectivity index (χ0) is 28.7. The minimum absolute atomic E-state index is 0.112. The summed E-state index contributed by atoms with van der Waals surface area (Å²) in [7, 11) is 0. The lowest BCUT2D eigenvalue weighted by molar-refractivity contribution is -0.357. The standard InChI is InChI=1S/C29H40O11/c1-26-10-6-16-17(29(26,37)12-18(31)21(26)15-4-5-20(32)38-14-15)7-11-27(8-2-3-9-28(16,27)36)40-25-24(35)23(34)22(33)19(13-30)39-25/h2,4-5,8,14,16-19,21-25,30-31,33-37H,3,6-7,9-13H2,1H3/t16?,17?,18-,19+,21-,22+,23-,24+,25-,26+,27+,28-,29-/m0/s1. The molecule has 0 radical (unpaired) electrons. The van der Waals surface area contributed by atoms with Gasteiger partial charge in [0.15, 0.2) is 6.29 Å². The molecule has 1 aromatic heterocycles. The molecular weight excluding hydrogens is 524 g/mol. The maximum absolute atomic E-state index is 12.5. The molecule has 6 rings (SSSR count). The number of ether oxygens (including phenoxy) is 2. The van der Waals surface area contributed by atoms with Crippen LogP contribution in [0.1, 0.15) is 63.4 Å². The molecule has 0 spiro atoms. The van der Waals surface area contributed by atoms with Crippen molar-refractivity contribution in [1.29, 1.82) is 0 Å². The maximum Gasteiger partial charge on any atom is 0.335 e. The minimum Gasteiger partial charge on any atom is -0.431 e. The Morgan fingerprint density at radius 2 is 1.70 bits per heavy atom. The lowest BCUT2D eigenvalue weighted by atomic mass is 9.46. The van der Waals surface area contributed by atoms with Crippen molar-refractivity contribution < 1.29 is 49.6 Å². The molecule has 5 aliphatic rings. The quantitative estimate of drug-likeness (QED) is 0.187. The molecule has 4 fully saturated rings. The highest BCUT2D eigenvalue weighted by Gasteiger charge is 2.72. The van der Waals surface area contributed by atoms with Crippen molar-refractivity contribution in [2.45, 2.75) is 111 Å². The zero-order valence-corrected chi connectivity index (χ0v) is 22.5. The van der Waals surface area contributed by atoms with Crippen molar-refractivity contribution in [3.63, 3.8) is 0 Å². The number of hydrogen-bond donors (Lipinski definition) is 7. The van der Waals surface area contributed by atoms with Crippen LogP contribution in [0.2, 0.25) is 0 Å². The number of aliphatic hydroxyl groups is 7. The first-order valence-electron chi connectivity index (χ1n) is 14.3. The van der Waals surface area contributed by atoms with Crippen LogP contribution >= 0.6 is 0 Å². The van der Waals surface area contributed by atoms with Gasteiger partial charge in [-0.25, -0.2) is 4.79 Å². The van der Waals surface area contributed by atoms with Gasteiger partial charge in [-0.05, 0) is 62.0 Å². The summed E-state index contributed by atoms with van der Waals surface area (Å²) in [5.74, 6) is -1.24. The first-order valence-corrected chi connectivity index (χ1v) is 14.3. The van der Waals surface area contributed by atoms with Crippen LogP contribution in [-0.4, -0.2) is 96.0 Å². The summed E-state index contributed by atoms with van der Waals surface area (Å²) < 4.78 is 17.1. The third-order valence-corrected chi connectivity index (χ3v) is 11.2. The Bertz CT molecular complexity index is 1180. The summed E-state index contributed by atoms with van der Waals surface area (Å²) in [4.78, 5) is 11.6. The van der Waals surface area contributed by atoms with E-state index in [1.807, 2.05) is 13.0 Å². The average molecular weight is 565 g/mol. The third kappa shape index (κ3) is 3.79. The number of fused-ring (bicyclic) bond motifs is 5. The molecule has 7 N–H and O–H groups in total. The van der Waals surface area contributed by atoms with Crippen molar-refractivity contribution in [1.82, 2.24) is 0 Å². The first-order chi connectivity index (χ1) is 18.9. The molecular formula is C29H40O11. The van der Waals surface area contributed by atoms with Gasteiger partial charge >= 0.3 is 5.63 Å². The highest BCUT2D eigenvalue weighted by Crippen LogP contribution is 2.69. The summed E-state index contributed by atoms with van der Waals surface area (Å²) >= 11 is 0. The fourth-order valence-corrected chi connectivity index (χ4v) is 9.12. The van der Waals surface area contributed by atoms with Crippen LogP contribution in [0.25, 0.3) is 0 Å². The van der Waals surface area contributed by atoms with Crippen molar-refractivity contribution in [3.05, 3.63) is 46.5 Å². The normalized spacial score (nSPS) is 52.0. The third-order valence-electron chi connectivity index (χ3n) is 11.2. The first kappa shape index (κ1) is 28.4. The number of allylic oxidation sites excluding steroid dienone is 1. The largest absolute Gasteiger partial charge is 0.431 e. The van der Waals surface area contributed by atoms with Crippen LogP contribution in [-0.2, 0) is 9.47 Å². The Balaban J connectivity index is 1.33. The van der Waals surface area contributed by atoms with E-state index < -0.39 is 83.1 Å². The van der Waals surface area contributed by atoms with Gasteiger partial charge in [-0.2, -0.15) is 0 Å². The molecule has 0 bridgehead atoms. The van der Waals surface area contributed by atoms with Crippen LogP contribution in [0.4, 0.5) is 0 Å². The van der Waals surface area contributed by atoms with Crippen molar-refractivity contribution >= 4 is 0 Å². The molecule has 13 atom stereocenters. The topological polar surface area (TPSA) is 190 Å². The van der Waals surface area contributed by atoms with E-state index in [-0.39, 0.29) is 18.8 Å². The van der Waals surface area contributed by atoms with E-state index >= 15 is 0 Å². The second-order valence-corrected chi connectivity index (χ2v) is 12.8. The van der Waals surface area contributed by atoms with Gasteiger partial charge in [-0.3, -0.25) is 0 Å². The summed E-state index contributed by atoms with van der Waals surface area (Å²) in [5, 5.41) is 77.1. The van der Waals surface area contributed by atoms with Gasteiger partial charge in [-0.15, -0.1) is 0 Å². The molecule has 222 valence electrons. The van der Waals surface area contributed by atoms with Gasteiger partial charge in [0.25, 0.3) is 0 Å². The van der Waals surface area contributed by atoms with Gasteiger partial charge in [0, 0.05) is 23.8 Å². The minimum atomic E-state index is -1.61. The monoisotopic (exact) mass is 564 g/mol. The second kappa shape index (κ2) is 9.68. The second-order valence-electron chi connectivity index (χ2n) is 12.8. The molecule has 1 aromatic rings. The van der Waals surface area contributed by atoms with E-state index in [1.54, 1.807) is 12.1 Å². The van der Waals surface area contributed by atoms with E-state index in [1.165, 1.54) is 12.3 Å². The molecule has 1 aliphatic heterocycles. The van der Waals surface area contributed by atoms with Crippen LogP contribution < -0.4 is 5.63 Å². The predicted molar refractivity (Wildman–Crippen MR) is 138 cm³/mol. The molecule has 1 saturated heterocycles. The van der Waals surface area contributed by atoms with Gasteiger partial charge in [-0.1, -0.05) is 19.1 Å². The number of hydrogen-bond acceptors (Lipinski definition) is 11. The smallest absolute Gasteiger partial charge is 0.335 e. The molecule has 4 aliphatic carbocycles. The fraction of sp³-hybridized carbons (Fsp3) is 0.759. The van der Waals surface area contributed by atoms with Crippen LogP contribution in [0.5, 0.6) is 0 Å². The summed E-state index contributed by atoms with van der Waals surface area (Å²) in [6.07, 6.45) is -0.369. The highest BCUT2D eigenvalue weighted by atomic mass is 16.7. The molecule has 2 unspecified atom stereocenters. The van der Waals surface area contributed by atoms with E-state index in [0.29, 0.717) is 37.7 Å².